The number of sulfonamides is 1. The van der Waals surface area contributed by atoms with Crippen molar-refractivity contribution >= 4 is 32.7 Å². The van der Waals surface area contributed by atoms with Crippen LogP contribution in [0.25, 0.3) is 10.9 Å². The molecule has 3 rings (SSSR count). The summed E-state index contributed by atoms with van der Waals surface area (Å²) >= 11 is 1.42. The second-order valence-electron chi connectivity index (χ2n) is 6.57. The molecule has 0 bridgehead atoms. The minimum Gasteiger partial charge on any atom is -0.493 e. The summed E-state index contributed by atoms with van der Waals surface area (Å²) in [6, 6.07) is 13.5. The van der Waals surface area contributed by atoms with Crippen LogP contribution in [0.2, 0.25) is 0 Å². The van der Waals surface area contributed by atoms with Crippen LogP contribution in [-0.4, -0.2) is 48.7 Å². The van der Waals surface area contributed by atoms with E-state index in [2.05, 4.69) is 11.6 Å². The molecule has 30 heavy (non-hydrogen) atoms. The lowest BCUT2D eigenvalue weighted by Gasteiger charge is -2.13. The maximum absolute atomic E-state index is 12.7. The summed E-state index contributed by atoms with van der Waals surface area (Å²) in [5, 5.41) is 1.18. The van der Waals surface area contributed by atoms with E-state index >= 15 is 0 Å². The molecule has 0 amide bonds. The van der Waals surface area contributed by atoms with Crippen LogP contribution in [0.1, 0.15) is 0 Å². The second kappa shape index (κ2) is 9.46. The number of allylic oxidation sites excluding steroid dienone is 1. The molecule has 3 aromatic rings. The number of hydrogen-bond donors (Lipinski definition) is 0. The largest absolute Gasteiger partial charge is 0.493 e. The molecule has 1 aromatic heterocycles. The molecular formula is C21H23N3O4S2. The summed E-state index contributed by atoms with van der Waals surface area (Å²) in [4.78, 5) is 17.5. The molecule has 1 heterocycles. The highest BCUT2D eigenvalue weighted by atomic mass is 32.2. The number of thioether (sulfide) groups is 1. The summed E-state index contributed by atoms with van der Waals surface area (Å²) in [6.45, 7) is 4.48. The zero-order chi connectivity index (χ0) is 21.7. The minimum atomic E-state index is -3.46. The van der Waals surface area contributed by atoms with Crippen LogP contribution in [0.4, 0.5) is 0 Å². The SMILES string of the molecule is C=CCn1c(SCCOc2ccc(S(=O)(=O)N(C)C)cc2)nc2ccccc2c1=O. The van der Waals surface area contributed by atoms with Gasteiger partial charge in [-0.15, -0.1) is 6.58 Å². The fourth-order valence-electron chi connectivity index (χ4n) is 2.76. The summed E-state index contributed by atoms with van der Waals surface area (Å²) in [5.74, 6) is 1.14. The molecule has 0 spiro atoms. The molecule has 0 fully saturated rings. The van der Waals surface area contributed by atoms with Gasteiger partial charge in [0.15, 0.2) is 5.16 Å². The Balaban J connectivity index is 1.67. The van der Waals surface area contributed by atoms with E-state index in [0.29, 0.717) is 40.7 Å². The molecule has 0 atom stereocenters. The van der Waals surface area contributed by atoms with Crippen molar-refractivity contribution in [3.63, 3.8) is 0 Å². The first-order valence-corrected chi connectivity index (χ1v) is 11.7. The van der Waals surface area contributed by atoms with E-state index in [1.54, 1.807) is 28.8 Å². The van der Waals surface area contributed by atoms with Gasteiger partial charge in [-0.25, -0.2) is 17.7 Å². The quantitative estimate of drug-likeness (QED) is 0.218. The molecule has 7 nitrogen and oxygen atoms in total. The predicted molar refractivity (Wildman–Crippen MR) is 120 cm³/mol. The van der Waals surface area contributed by atoms with Crippen molar-refractivity contribution in [2.75, 3.05) is 26.5 Å². The van der Waals surface area contributed by atoms with Crippen LogP contribution >= 0.6 is 11.8 Å². The monoisotopic (exact) mass is 445 g/mol. The lowest BCUT2D eigenvalue weighted by Crippen LogP contribution is -2.23. The van der Waals surface area contributed by atoms with Crippen LogP contribution in [-0.2, 0) is 16.6 Å². The number of rotatable bonds is 9. The van der Waals surface area contributed by atoms with Crippen molar-refractivity contribution in [3.8, 4) is 5.75 Å². The van der Waals surface area contributed by atoms with Gasteiger partial charge >= 0.3 is 0 Å². The van der Waals surface area contributed by atoms with Gasteiger partial charge in [0.2, 0.25) is 10.0 Å². The van der Waals surface area contributed by atoms with E-state index in [-0.39, 0.29) is 10.5 Å². The molecule has 0 aliphatic rings. The van der Waals surface area contributed by atoms with Gasteiger partial charge < -0.3 is 4.74 Å². The van der Waals surface area contributed by atoms with Crippen LogP contribution in [0.3, 0.4) is 0 Å². The van der Waals surface area contributed by atoms with Gasteiger partial charge in [0.05, 0.1) is 22.4 Å². The van der Waals surface area contributed by atoms with E-state index in [1.165, 1.54) is 42.3 Å². The highest BCUT2D eigenvalue weighted by Gasteiger charge is 2.16. The van der Waals surface area contributed by atoms with Gasteiger partial charge in [-0.1, -0.05) is 30.0 Å². The zero-order valence-electron chi connectivity index (χ0n) is 16.8. The molecule has 0 saturated heterocycles. The summed E-state index contributed by atoms with van der Waals surface area (Å²) in [7, 11) is -0.483. The molecule has 2 aromatic carbocycles. The number of ether oxygens (including phenoxy) is 1. The number of hydrogen-bond acceptors (Lipinski definition) is 6. The van der Waals surface area contributed by atoms with E-state index in [0.717, 1.165) is 0 Å². The summed E-state index contributed by atoms with van der Waals surface area (Å²) in [5.41, 5.74) is 0.561. The zero-order valence-corrected chi connectivity index (χ0v) is 18.4. The first kappa shape index (κ1) is 22.1. The Kier molecular flexibility index (Phi) is 6.96. The Morgan fingerprint density at radius 2 is 1.87 bits per heavy atom. The lowest BCUT2D eigenvalue weighted by atomic mass is 10.2. The highest BCUT2D eigenvalue weighted by molar-refractivity contribution is 7.99. The first-order valence-electron chi connectivity index (χ1n) is 9.23. The van der Waals surface area contributed by atoms with Crippen LogP contribution in [0, 0.1) is 0 Å². The maximum atomic E-state index is 12.7. The van der Waals surface area contributed by atoms with Crippen molar-refractivity contribution in [3.05, 3.63) is 71.5 Å². The Labute approximate surface area is 180 Å². The molecule has 9 heteroatoms. The van der Waals surface area contributed by atoms with Crippen LogP contribution in [0.15, 0.2) is 76.0 Å². The average Bonchev–Trinajstić information content (AvgIpc) is 2.74. The first-order chi connectivity index (χ1) is 14.3. The minimum absolute atomic E-state index is 0.0957. The third-order valence-electron chi connectivity index (χ3n) is 4.32. The number of benzene rings is 2. The molecule has 0 saturated carbocycles. The topological polar surface area (TPSA) is 81.5 Å². The fourth-order valence-corrected chi connectivity index (χ4v) is 4.49. The Hall–Kier alpha value is -2.62. The number of para-hydroxylation sites is 1. The van der Waals surface area contributed by atoms with Gasteiger partial charge in [-0.2, -0.15) is 0 Å². The number of nitrogens with zero attached hydrogens (tertiary/aromatic N) is 3. The molecule has 0 aliphatic heterocycles. The third-order valence-corrected chi connectivity index (χ3v) is 7.09. The Morgan fingerprint density at radius 3 is 2.53 bits per heavy atom. The highest BCUT2D eigenvalue weighted by Crippen LogP contribution is 2.20. The maximum Gasteiger partial charge on any atom is 0.262 e. The van der Waals surface area contributed by atoms with Crippen molar-refractivity contribution < 1.29 is 13.2 Å². The molecule has 0 N–H and O–H groups in total. The van der Waals surface area contributed by atoms with E-state index < -0.39 is 10.0 Å². The molecule has 0 aliphatic carbocycles. The third kappa shape index (κ3) is 4.75. The average molecular weight is 446 g/mol. The van der Waals surface area contributed by atoms with Gasteiger partial charge in [0.1, 0.15) is 5.75 Å². The fraction of sp³-hybridized carbons (Fsp3) is 0.238. The Bertz CT molecular complexity index is 1200. The van der Waals surface area contributed by atoms with Crippen molar-refractivity contribution in [1.82, 2.24) is 13.9 Å². The number of fused-ring (bicyclic) bond motifs is 1. The Morgan fingerprint density at radius 1 is 1.17 bits per heavy atom. The van der Waals surface area contributed by atoms with Crippen LogP contribution < -0.4 is 10.3 Å². The number of aromatic nitrogens is 2. The van der Waals surface area contributed by atoms with Gasteiger partial charge in [-0.05, 0) is 36.4 Å². The van der Waals surface area contributed by atoms with Crippen molar-refractivity contribution in [2.45, 2.75) is 16.6 Å². The van der Waals surface area contributed by atoms with E-state index in [4.69, 9.17) is 4.74 Å². The lowest BCUT2D eigenvalue weighted by molar-refractivity contribution is 0.343. The van der Waals surface area contributed by atoms with Gasteiger partial charge in [0.25, 0.3) is 5.56 Å². The molecular weight excluding hydrogens is 422 g/mol. The van der Waals surface area contributed by atoms with Gasteiger partial charge in [0, 0.05) is 26.4 Å². The van der Waals surface area contributed by atoms with Crippen molar-refractivity contribution in [2.24, 2.45) is 0 Å². The summed E-state index contributed by atoms with van der Waals surface area (Å²) < 4.78 is 32.7. The van der Waals surface area contributed by atoms with Crippen molar-refractivity contribution in [1.29, 1.82) is 0 Å². The smallest absolute Gasteiger partial charge is 0.262 e. The normalized spacial score (nSPS) is 11.7. The molecule has 0 unspecified atom stereocenters. The van der Waals surface area contributed by atoms with Gasteiger partial charge in [-0.3, -0.25) is 9.36 Å². The second-order valence-corrected chi connectivity index (χ2v) is 9.79. The molecule has 0 radical (unpaired) electrons. The van der Waals surface area contributed by atoms with E-state index in [9.17, 15) is 13.2 Å². The summed E-state index contributed by atoms with van der Waals surface area (Å²) in [6.07, 6.45) is 1.67. The van der Waals surface area contributed by atoms with E-state index in [1.807, 2.05) is 18.2 Å². The predicted octanol–water partition coefficient (Wildman–Crippen LogP) is 3.00. The standard InChI is InChI=1S/C21H23N3O4S2/c1-4-13-24-20(25)18-7-5-6-8-19(18)22-21(24)29-15-14-28-16-9-11-17(12-10-16)30(26,27)23(2)3/h4-12H,1,13-15H2,2-3H3. The van der Waals surface area contributed by atoms with Crippen LogP contribution in [0.5, 0.6) is 5.75 Å². The molecule has 158 valence electrons.